The number of para-hydroxylation sites is 1. The van der Waals surface area contributed by atoms with Gasteiger partial charge in [0.15, 0.2) is 0 Å². The highest BCUT2D eigenvalue weighted by molar-refractivity contribution is 6.36. The molecule has 5 rings (SSSR count). The molecule has 1 aromatic heterocycles. The van der Waals surface area contributed by atoms with Crippen LogP contribution >= 0.6 is 0 Å². The van der Waals surface area contributed by atoms with Crippen LogP contribution in [-0.4, -0.2) is 34.5 Å². The molecule has 2 aromatic carbocycles. The summed E-state index contributed by atoms with van der Waals surface area (Å²) >= 11 is 0. The maximum Gasteiger partial charge on any atom is 0.416 e. The molecule has 1 aliphatic carbocycles. The smallest absolute Gasteiger partial charge is 0.377 e. The number of hydrogen-bond donors (Lipinski definition) is 2. The molecule has 180 valence electrons. The zero-order valence-electron chi connectivity index (χ0n) is 19.2. The lowest BCUT2D eigenvalue weighted by Crippen LogP contribution is -2.24. The van der Waals surface area contributed by atoms with Crippen molar-refractivity contribution in [3.63, 3.8) is 0 Å². The third-order valence-corrected chi connectivity index (χ3v) is 6.08. The maximum atomic E-state index is 12.9. The van der Waals surface area contributed by atoms with E-state index in [1.165, 1.54) is 24.5 Å². The van der Waals surface area contributed by atoms with Gasteiger partial charge in [0.05, 0.1) is 41.3 Å². The fourth-order valence-electron chi connectivity index (χ4n) is 4.08. The van der Waals surface area contributed by atoms with Gasteiger partial charge < -0.3 is 5.32 Å². The van der Waals surface area contributed by atoms with Crippen LogP contribution in [0.2, 0.25) is 0 Å². The number of nitrogens with one attached hydrogen (secondary N) is 2. The lowest BCUT2D eigenvalue weighted by molar-refractivity contribution is -0.137. The van der Waals surface area contributed by atoms with Crippen molar-refractivity contribution in [2.24, 2.45) is 16.0 Å². The number of aromatic nitrogens is 2. The van der Waals surface area contributed by atoms with Gasteiger partial charge in [-0.1, -0.05) is 30.3 Å². The van der Waals surface area contributed by atoms with E-state index >= 15 is 0 Å². The van der Waals surface area contributed by atoms with Crippen LogP contribution in [0.4, 0.5) is 24.8 Å². The van der Waals surface area contributed by atoms with Gasteiger partial charge in [-0.3, -0.25) is 4.99 Å². The average Bonchev–Trinajstić information content (AvgIpc) is 3.65. The summed E-state index contributed by atoms with van der Waals surface area (Å²) in [5.41, 5.74) is 6.35. The number of benzene rings is 2. The molecular weight excluding hydrogens is 453 g/mol. The first kappa shape index (κ1) is 23.0. The first-order valence-electron chi connectivity index (χ1n) is 11.6. The molecule has 2 aliphatic rings. The van der Waals surface area contributed by atoms with E-state index in [4.69, 9.17) is 4.98 Å². The van der Waals surface area contributed by atoms with Crippen molar-refractivity contribution in [1.82, 2.24) is 9.97 Å². The van der Waals surface area contributed by atoms with E-state index in [2.05, 4.69) is 38.0 Å². The minimum atomic E-state index is -4.37. The molecular formula is C26H25F3N6. The molecule has 0 bridgehead atoms. The van der Waals surface area contributed by atoms with Gasteiger partial charge in [0, 0.05) is 11.1 Å². The van der Waals surface area contributed by atoms with Crippen molar-refractivity contribution in [1.29, 1.82) is 0 Å². The van der Waals surface area contributed by atoms with E-state index in [1.54, 1.807) is 18.4 Å². The Bertz CT molecular complexity index is 1320. The largest absolute Gasteiger partial charge is 0.416 e. The molecule has 6 nitrogen and oxygen atoms in total. The number of allylic oxidation sites excluding steroid dienone is 1. The summed E-state index contributed by atoms with van der Waals surface area (Å²) in [5, 5.41) is 8.36. The maximum absolute atomic E-state index is 12.9. The molecule has 1 fully saturated rings. The van der Waals surface area contributed by atoms with Crippen LogP contribution in [0.5, 0.6) is 0 Å². The number of dihydropyridines is 1. The van der Waals surface area contributed by atoms with Crippen molar-refractivity contribution in [3.8, 4) is 0 Å². The summed E-state index contributed by atoms with van der Waals surface area (Å²) in [7, 11) is 0. The highest BCUT2D eigenvalue weighted by Gasteiger charge is 2.30. The van der Waals surface area contributed by atoms with Crippen LogP contribution in [0.25, 0.3) is 10.9 Å². The quantitative estimate of drug-likeness (QED) is 0.333. The van der Waals surface area contributed by atoms with Crippen LogP contribution in [0.15, 0.2) is 64.7 Å². The van der Waals surface area contributed by atoms with Gasteiger partial charge in [-0.25, -0.2) is 15.4 Å². The fraction of sp³-hybridized carbons (Fsp3) is 0.308. The van der Waals surface area contributed by atoms with Crippen molar-refractivity contribution < 1.29 is 13.2 Å². The van der Waals surface area contributed by atoms with Crippen molar-refractivity contribution >= 4 is 34.5 Å². The van der Waals surface area contributed by atoms with E-state index in [0.29, 0.717) is 23.9 Å². The monoisotopic (exact) mass is 478 g/mol. The molecule has 0 spiro atoms. The van der Waals surface area contributed by atoms with Gasteiger partial charge in [-0.15, -0.1) is 0 Å². The lowest BCUT2D eigenvalue weighted by Gasteiger charge is -2.18. The second-order valence-corrected chi connectivity index (χ2v) is 8.92. The van der Waals surface area contributed by atoms with E-state index in [9.17, 15) is 13.2 Å². The molecule has 0 saturated heterocycles. The highest BCUT2D eigenvalue weighted by Crippen LogP contribution is 2.34. The van der Waals surface area contributed by atoms with Crippen molar-refractivity contribution in [3.05, 3.63) is 71.4 Å². The summed E-state index contributed by atoms with van der Waals surface area (Å²) in [6, 6.07) is 11.2. The van der Waals surface area contributed by atoms with E-state index in [0.717, 1.165) is 41.1 Å². The summed E-state index contributed by atoms with van der Waals surface area (Å²) in [4.78, 5) is 13.7. The second-order valence-electron chi connectivity index (χ2n) is 8.92. The minimum Gasteiger partial charge on any atom is -0.377 e. The van der Waals surface area contributed by atoms with Gasteiger partial charge in [0.2, 0.25) is 5.95 Å². The Morgan fingerprint density at radius 3 is 2.69 bits per heavy atom. The molecule has 3 aromatic rings. The Balaban J connectivity index is 1.21. The molecule has 1 atom stereocenters. The van der Waals surface area contributed by atoms with Gasteiger partial charge >= 0.3 is 6.18 Å². The minimum absolute atomic E-state index is 0.208. The summed E-state index contributed by atoms with van der Waals surface area (Å²) < 4.78 is 38.8. The summed E-state index contributed by atoms with van der Waals surface area (Å²) in [6.45, 7) is 2.34. The van der Waals surface area contributed by atoms with Gasteiger partial charge in [-0.2, -0.15) is 18.3 Å². The Morgan fingerprint density at radius 2 is 1.94 bits per heavy atom. The predicted octanol–water partition coefficient (Wildman–Crippen LogP) is 5.80. The number of fused-ring (bicyclic) bond motifs is 1. The Kier molecular flexibility index (Phi) is 6.23. The number of rotatable bonds is 7. The van der Waals surface area contributed by atoms with Crippen LogP contribution in [0.3, 0.4) is 0 Å². The van der Waals surface area contributed by atoms with E-state index in [-0.39, 0.29) is 6.04 Å². The zero-order valence-corrected chi connectivity index (χ0v) is 19.2. The van der Waals surface area contributed by atoms with Crippen LogP contribution in [0, 0.1) is 12.8 Å². The predicted molar refractivity (Wildman–Crippen MR) is 133 cm³/mol. The average molecular weight is 479 g/mol. The van der Waals surface area contributed by atoms with Gasteiger partial charge in [0.1, 0.15) is 0 Å². The highest BCUT2D eigenvalue weighted by atomic mass is 19.4. The Labute approximate surface area is 201 Å². The molecule has 1 unspecified atom stereocenters. The molecule has 1 saturated carbocycles. The molecule has 0 radical (unpaired) electrons. The van der Waals surface area contributed by atoms with Crippen LogP contribution in [-0.2, 0) is 12.6 Å². The normalized spacial score (nSPS) is 18.2. The number of hydrogen-bond acceptors (Lipinski definition) is 6. The number of nitrogens with zero attached hydrogens (tertiary/aromatic N) is 4. The van der Waals surface area contributed by atoms with Gasteiger partial charge in [-0.05, 0) is 61.9 Å². The number of aliphatic imine (C=N–C) groups is 1. The van der Waals surface area contributed by atoms with E-state index < -0.39 is 11.7 Å². The number of anilines is 2. The zero-order chi connectivity index (χ0) is 24.4. The molecule has 35 heavy (non-hydrogen) atoms. The number of halogens is 3. The first-order valence-corrected chi connectivity index (χ1v) is 11.6. The second kappa shape index (κ2) is 9.48. The standard InChI is InChI=1S/C26H25F3N6/c1-16-23-7-2-4-18(12-17-8-9-17)24(23)34-25(32-16)35-31-15-21-10-11-22(14-30-21)33-20-6-3-5-19(13-20)26(27,28)29/h2-7,10-11,13,15,17,22,33H,8-9,12,14H2,1H3,(H,32,34,35)/b31-15-. The van der Waals surface area contributed by atoms with Gasteiger partial charge in [0.25, 0.3) is 0 Å². The fourth-order valence-corrected chi connectivity index (χ4v) is 4.08. The summed E-state index contributed by atoms with van der Waals surface area (Å²) in [5.74, 6) is 1.19. The summed E-state index contributed by atoms with van der Waals surface area (Å²) in [6.07, 6.45) is 4.43. The lowest BCUT2D eigenvalue weighted by atomic mass is 10.0. The van der Waals surface area contributed by atoms with Crippen molar-refractivity contribution in [2.45, 2.75) is 38.4 Å². The van der Waals surface area contributed by atoms with Crippen LogP contribution in [0.1, 0.15) is 29.7 Å². The topological polar surface area (TPSA) is 74.6 Å². The number of hydrazone groups is 1. The molecule has 2 N–H and O–H groups in total. The number of alkyl halides is 3. The molecule has 1 aliphatic heterocycles. The van der Waals surface area contributed by atoms with Crippen molar-refractivity contribution in [2.75, 3.05) is 17.3 Å². The van der Waals surface area contributed by atoms with E-state index in [1.807, 2.05) is 19.1 Å². The third kappa shape index (κ3) is 5.67. The Hall–Kier alpha value is -3.75. The Morgan fingerprint density at radius 1 is 1.11 bits per heavy atom. The SMILES string of the molecule is Cc1nc(N/N=C\C2=NCC(Nc3cccc(C(F)(F)F)c3)C=C2)nc2c(CC3CC3)cccc12. The molecule has 0 amide bonds. The molecule has 2 heterocycles. The van der Waals surface area contributed by atoms with Crippen LogP contribution < -0.4 is 10.7 Å². The number of aryl methyl sites for hydroxylation is 1. The third-order valence-electron chi connectivity index (χ3n) is 6.08. The molecule has 9 heteroatoms. The first-order chi connectivity index (χ1) is 16.8.